The van der Waals surface area contributed by atoms with Crippen LogP contribution in [0.1, 0.15) is 30.6 Å². The first-order chi connectivity index (χ1) is 8.45. The van der Waals surface area contributed by atoms with Crippen molar-refractivity contribution in [2.45, 2.75) is 26.3 Å². The standard InChI is InChI=1S/C13H16BrF2NO/c1-8(2)12(5-6-14)17-13(18)10-7-9(15)3-4-11(10)16/h3-4,7-8,12H,5-6H2,1-2H3,(H,17,18). The summed E-state index contributed by atoms with van der Waals surface area (Å²) < 4.78 is 26.4. The maximum atomic E-state index is 13.4. The van der Waals surface area contributed by atoms with Crippen molar-refractivity contribution in [3.63, 3.8) is 0 Å². The molecule has 1 amide bonds. The molecule has 0 fully saturated rings. The van der Waals surface area contributed by atoms with Crippen molar-refractivity contribution in [3.8, 4) is 0 Å². The van der Waals surface area contributed by atoms with Crippen molar-refractivity contribution in [1.82, 2.24) is 5.32 Å². The number of nitrogens with one attached hydrogen (secondary N) is 1. The number of halogens is 3. The Morgan fingerprint density at radius 2 is 2.06 bits per heavy atom. The van der Waals surface area contributed by atoms with Crippen molar-refractivity contribution in [3.05, 3.63) is 35.4 Å². The fourth-order valence-corrected chi connectivity index (χ4v) is 2.10. The highest BCUT2D eigenvalue weighted by atomic mass is 79.9. The quantitative estimate of drug-likeness (QED) is 0.827. The zero-order valence-corrected chi connectivity index (χ0v) is 11.9. The number of alkyl halides is 1. The van der Waals surface area contributed by atoms with Crippen LogP contribution < -0.4 is 5.32 Å². The van der Waals surface area contributed by atoms with E-state index in [0.717, 1.165) is 30.0 Å². The fraction of sp³-hybridized carbons (Fsp3) is 0.462. The highest BCUT2D eigenvalue weighted by Crippen LogP contribution is 2.13. The molecule has 1 N–H and O–H groups in total. The Labute approximate surface area is 114 Å². The van der Waals surface area contributed by atoms with Gasteiger partial charge in [0.15, 0.2) is 0 Å². The molecule has 1 atom stereocenters. The average Bonchev–Trinajstić information content (AvgIpc) is 2.31. The summed E-state index contributed by atoms with van der Waals surface area (Å²) >= 11 is 3.31. The molecular weight excluding hydrogens is 304 g/mol. The fourth-order valence-electron chi connectivity index (χ4n) is 1.61. The number of carbonyl (C=O) groups excluding carboxylic acids is 1. The van der Waals surface area contributed by atoms with E-state index in [1.54, 1.807) is 0 Å². The molecule has 1 aromatic rings. The first-order valence-electron chi connectivity index (χ1n) is 5.77. The molecule has 0 saturated carbocycles. The third-order valence-corrected chi connectivity index (χ3v) is 3.17. The molecule has 18 heavy (non-hydrogen) atoms. The molecule has 0 spiro atoms. The first-order valence-corrected chi connectivity index (χ1v) is 6.89. The van der Waals surface area contributed by atoms with Gasteiger partial charge in [-0.25, -0.2) is 8.78 Å². The SMILES string of the molecule is CC(C)C(CCBr)NC(=O)c1cc(F)ccc1F. The Balaban J connectivity index is 2.83. The topological polar surface area (TPSA) is 29.1 Å². The zero-order chi connectivity index (χ0) is 13.7. The summed E-state index contributed by atoms with van der Waals surface area (Å²) in [6.45, 7) is 3.94. The summed E-state index contributed by atoms with van der Waals surface area (Å²) in [6.07, 6.45) is 0.736. The van der Waals surface area contributed by atoms with Crippen LogP contribution in [-0.4, -0.2) is 17.3 Å². The minimum atomic E-state index is -0.713. The van der Waals surface area contributed by atoms with Crippen molar-refractivity contribution < 1.29 is 13.6 Å². The van der Waals surface area contributed by atoms with E-state index in [9.17, 15) is 13.6 Å². The van der Waals surface area contributed by atoms with Crippen LogP contribution >= 0.6 is 15.9 Å². The van der Waals surface area contributed by atoms with E-state index in [-0.39, 0.29) is 17.5 Å². The van der Waals surface area contributed by atoms with E-state index in [1.807, 2.05) is 13.8 Å². The number of hydrogen-bond donors (Lipinski definition) is 1. The summed E-state index contributed by atoms with van der Waals surface area (Å²) in [7, 11) is 0. The normalized spacial score (nSPS) is 12.6. The second-order valence-corrected chi connectivity index (χ2v) is 5.22. The highest BCUT2D eigenvalue weighted by Gasteiger charge is 2.19. The van der Waals surface area contributed by atoms with Gasteiger partial charge in [-0.05, 0) is 30.5 Å². The molecule has 0 aromatic heterocycles. The van der Waals surface area contributed by atoms with Crippen molar-refractivity contribution >= 4 is 21.8 Å². The minimum Gasteiger partial charge on any atom is -0.349 e. The highest BCUT2D eigenvalue weighted by molar-refractivity contribution is 9.09. The van der Waals surface area contributed by atoms with E-state index in [4.69, 9.17) is 0 Å². The monoisotopic (exact) mass is 319 g/mol. The summed E-state index contributed by atoms with van der Waals surface area (Å²) in [5, 5.41) is 3.46. The molecule has 0 heterocycles. The van der Waals surface area contributed by atoms with Gasteiger partial charge in [-0.15, -0.1) is 0 Å². The molecule has 0 aliphatic heterocycles. The van der Waals surface area contributed by atoms with Crippen LogP contribution in [-0.2, 0) is 0 Å². The van der Waals surface area contributed by atoms with Gasteiger partial charge < -0.3 is 5.32 Å². The maximum absolute atomic E-state index is 13.4. The van der Waals surface area contributed by atoms with Crippen LogP contribution in [0.5, 0.6) is 0 Å². The Hall–Kier alpha value is -0.970. The molecule has 1 aromatic carbocycles. The molecule has 2 nitrogen and oxygen atoms in total. The first kappa shape index (κ1) is 15.1. The molecule has 1 rings (SSSR count). The molecular formula is C13H16BrF2NO. The minimum absolute atomic E-state index is 0.0699. The van der Waals surface area contributed by atoms with Gasteiger partial charge in [-0.1, -0.05) is 29.8 Å². The summed E-state index contributed by atoms with van der Waals surface area (Å²) in [5.41, 5.74) is -0.254. The Kier molecular flexibility index (Phi) is 5.72. The molecule has 0 aliphatic rings. The third-order valence-electron chi connectivity index (χ3n) is 2.71. The van der Waals surface area contributed by atoms with Crippen LogP contribution in [0.3, 0.4) is 0 Å². The van der Waals surface area contributed by atoms with E-state index in [0.29, 0.717) is 0 Å². The van der Waals surface area contributed by atoms with E-state index >= 15 is 0 Å². The van der Waals surface area contributed by atoms with Gasteiger partial charge >= 0.3 is 0 Å². The molecule has 1 unspecified atom stereocenters. The molecule has 0 saturated heterocycles. The van der Waals surface area contributed by atoms with Gasteiger partial charge in [0.25, 0.3) is 5.91 Å². The number of rotatable bonds is 5. The van der Waals surface area contributed by atoms with Crippen molar-refractivity contribution in [2.75, 3.05) is 5.33 Å². The number of carbonyl (C=O) groups is 1. The second-order valence-electron chi connectivity index (χ2n) is 4.43. The largest absolute Gasteiger partial charge is 0.349 e. The van der Waals surface area contributed by atoms with Gasteiger partial charge in [0.2, 0.25) is 0 Å². The zero-order valence-electron chi connectivity index (χ0n) is 10.3. The van der Waals surface area contributed by atoms with E-state index < -0.39 is 17.5 Å². The summed E-state index contributed by atoms with van der Waals surface area (Å²) in [4.78, 5) is 11.9. The average molecular weight is 320 g/mol. The van der Waals surface area contributed by atoms with Gasteiger partial charge in [0, 0.05) is 11.4 Å². The van der Waals surface area contributed by atoms with Crippen LogP contribution in [0.2, 0.25) is 0 Å². The predicted molar refractivity (Wildman–Crippen MR) is 70.9 cm³/mol. The smallest absolute Gasteiger partial charge is 0.254 e. The van der Waals surface area contributed by atoms with E-state index in [1.165, 1.54) is 0 Å². The van der Waals surface area contributed by atoms with Crippen LogP contribution in [0.4, 0.5) is 8.78 Å². The summed E-state index contributed by atoms with van der Waals surface area (Å²) in [6, 6.07) is 2.79. The van der Waals surface area contributed by atoms with Crippen LogP contribution in [0.15, 0.2) is 18.2 Å². The Morgan fingerprint density at radius 1 is 1.39 bits per heavy atom. The lowest BCUT2D eigenvalue weighted by atomic mass is 10.0. The van der Waals surface area contributed by atoms with Gasteiger partial charge in [-0.2, -0.15) is 0 Å². The number of amides is 1. The third kappa shape index (κ3) is 4.05. The van der Waals surface area contributed by atoms with E-state index in [2.05, 4.69) is 21.2 Å². The van der Waals surface area contributed by atoms with Crippen LogP contribution in [0.25, 0.3) is 0 Å². The maximum Gasteiger partial charge on any atom is 0.254 e. The molecule has 0 bridgehead atoms. The van der Waals surface area contributed by atoms with Crippen molar-refractivity contribution in [2.24, 2.45) is 5.92 Å². The second kappa shape index (κ2) is 6.83. The van der Waals surface area contributed by atoms with Crippen LogP contribution in [0, 0.1) is 17.6 Å². The number of benzene rings is 1. The Morgan fingerprint density at radius 3 is 2.61 bits per heavy atom. The lowest BCUT2D eigenvalue weighted by Gasteiger charge is -2.21. The number of hydrogen-bond acceptors (Lipinski definition) is 1. The molecule has 0 radical (unpaired) electrons. The van der Waals surface area contributed by atoms with Gasteiger partial charge in [0.1, 0.15) is 11.6 Å². The van der Waals surface area contributed by atoms with Gasteiger partial charge in [0.05, 0.1) is 5.56 Å². The predicted octanol–water partition coefficient (Wildman–Crippen LogP) is 3.50. The molecule has 0 aliphatic carbocycles. The van der Waals surface area contributed by atoms with Gasteiger partial charge in [-0.3, -0.25) is 4.79 Å². The Bertz CT molecular complexity index is 423. The molecule has 100 valence electrons. The lowest BCUT2D eigenvalue weighted by molar-refractivity contribution is 0.0920. The lowest BCUT2D eigenvalue weighted by Crippen LogP contribution is -2.39. The molecule has 5 heteroatoms. The van der Waals surface area contributed by atoms with Crippen molar-refractivity contribution in [1.29, 1.82) is 0 Å². The summed E-state index contributed by atoms with van der Waals surface area (Å²) in [5.74, 6) is -1.69.